The van der Waals surface area contributed by atoms with Gasteiger partial charge in [0.05, 0.1) is 18.1 Å². The molecule has 8 heteroatoms. The first kappa shape index (κ1) is 18.5. The molecule has 0 fully saturated rings. The number of fused-ring (bicyclic) bond motifs is 1. The second kappa shape index (κ2) is 7.92. The molecule has 1 aliphatic rings. The molecule has 2 aromatic rings. The maximum absolute atomic E-state index is 13.5. The van der Waals surface area contributed by atoms with Crippen LogP contribution in [0.5, 0.6) is 17.2 Å². The van der Waals surface area contributed by atoms with Crippen LogP contribution >= 0.6 is 0 Å². The maximum Gasteiger partial charge on any atom is 0.243 e. The topological polar surface area (TPSA) is 65.1 Å². The normalized spacial score (nSPS) is 14.1. The number of nitrogens with zero attached hydrogens (tertiary/aromatic N) is 1. The summed E-state index contributed by atoms with van der Waals surface area (Å²) in [5.41, 5.74) is 0. The second-order valence-corrected chi connectivity index (χ2v) is 7.81. The van der Waals surface area contributed by atoms with Crippen LogP contribution in [0.15, 0.2) is 47.4 Å². The van der Waals surface area contributed by atoms with Crippen molar-refractivity contribution in [3.63, 3.8) is 0 Å². The zero-order chi connectivity index (χ0) is 18.6. The van der Waals surface area contributed by atoms with Crippen molar-refractivity contribution in [1.29, 1.82) is 0 Å². The predicted octanol–water partition coefficient (Wildman–Crippen LogP) is 2.69. The lowest BCUT2D eigenvalue weighted by Crippen LogP contribution is -2.31. The molecule has 0 unspecified atom stereocenters. The maximum atomic E-state index is 13.5. The summed E-state index contributed by atoms with van der Waals surface area (Å²) in [6.07, 6.45) is 0.740. The number of likely N-dealkylation sites (N-methyl/N-ethyl adjacent to an activating group) is 1. The van der Waals surface area contributed by atoms with Crippen LogP contribution in [0.25, 0.3) is 0 Å². The predicted molar refractivity (Wildman–Crippen MR) is 93.8 cm³/mol. The zero-order valence-corrected chi connectivity index (χ0v) is 15.2. The summed E-state index contributed by atoms with van der Waals surface area (Å²) in [4.78, 5) is 0.107. The number of para-hydroxylation sites is 1. The third kappa shape index (κ3) is 4.08. The van der Waals surface area contributed by atoms with Crippen LogP contribution in [0.1, 0.15) is 6.42 Å². The molecule has 0 amide bonds. The van der Waals surface area contributed by atoms with E-state index in [0.717, 1.165) is 10.7 Å². The molecule has 2 aromatic carbocycles. The Labute approximate surface area is 152 Å². The summed E-state index contributed by atoms with van der Waals surface area (Å²) in [6.45, 7) is 1.11. The average molecular weight is 381 g/mol. The van der Waals surface area contributed by atoms with Crippen LogP contribution in [0.3, 0.4) is 0 Å². The quantitative estimate of drug-likeness (QED) is 0.770. The lowest BCUT2D eigenvalue weighted by Gasteiger charge is -2.18. The first-order chi connectivity index (χ1) is 12.5. The Morgan fingerprint density at radius 3 is 2.62 bits per heavy atom. The van der Waals surface area contributed by atoms with Crippen molar-refractivity contribution in [2.45, 2.75) is 11.3 Å². The molecule has 0 N–H and O–H groups in total. The number of sulfonamides is 1. The molecule has 26 heavy (non-hydrogen) atoms. The summed E-state index contributed by atoms with van der Waals surface area (Å²) in [5.74, 6) is 0.557. The minimum Gasteiger partial charge on any atom is -0.490 e. The van der Waals surface area contributed by atoms with E-state index in [9.17, 15) is 12.8 Å². The van der Waals surface area contributed by atoms with Gasteiger partial charge in [-0.1, -0.05) is 12.1 Å². The van der Waals surface area contributed by atoms with Gasteiger partial charge in [0.25, 0.3) is 0 Å². The molecule has 0 atom stereocenters. The smallest absolute Gasteiger partial charge is 0.243 e. The van der Waals surface area contributed by atoms with Gasteiger partial charge in [-0.25, -0.2) is 12.8 Å². The Morgan fingerprint density at radius 2 is 1.85 bits per heavy atom. The van der Waals surface area contributed by atoms with Crippen LogP contribution in [-0.2, 0) is 10.0 Å². The molecule has 140 valence electrons. The molecule has 0 bridgehead atoms. The van der Waals surface area contributed by atoms with Crippen molar-refractivity contribution >= 4 is 10.0 Å². The van der Waals surface area contributed by atoms with E-state index in [1.807, 2.05) is 0 Å². The van der Waals surface area contributed by atoms with Gasteiger partial charge in [0, 0.05) is 26.1 Å². The number of hydrogen-bond donors (Lipinski definition) is 0. The van der Waals surface area contributed by atoms with Crippen LogP contribution in [0.2, 0.25) is 0 Å². The average Bonchev–Trinajstić information content (AvgIpc) is 2.88. The Hall–Kier alpha value is -2.32. The molecule has 0 aromatic heterocycles. The minimum atomic E-state index is -3.72. The van der Waals surface area contributed by atoms with Gasteiger partial charge >= 0.3 is 0 Å². The van der Waals surface area contributed by atoms with Crippen LogP contribution in [0.4, 0.5) is 4.39 Å². The molecular weight excluding hydrogens is 361 g/mol. The van der Waals surface area contributed by atoms with Crippen LogP contribution < -0.4 is 14.2 Å². The highest BCUT2D eigenvalue weighted by Gasteiger charge is 2.23. The van der Waals surface area contributed by atoms with Crippen molar-refractivity contribution in [3.8, 4) is 17.2 Å². The van der Waals surface area contributed by atoms with Gasteiger partial charge in [-0.05, 0) is 24.3 Å². The van der Waals surface area contributed by atoms with Crippen molar-refractivity contribution in [2.75, 3.05) is 33.4 Å². The van der Waals surface area contributed by atoms with Gasteiger partial charge in [-0.15, -0.1) is 0 Å². The number of rotatable bonds is 6. The molecule has 0 radical (unpaired) electrons. The van der Waals surface area contributed by atoms with Crippen molar-refractivity contribution < 1.29 is 27.0 Å². The Morgan fingerprint density at radius 1 is 1.12 bits per heavy atom. The summed E-state index contributed by atoms with van der Waals surface area (Å²) in [6, 6.07) is 10.5. The zero-order valence-electron chi connectivity index (χ0n) is 14.4. The largest absolute Gasteiger partial charge is 0.490 e. The fourth-order valence-corrected chi connectivity index (χ4v) is 3.62. The number of ether oxygens (including phenoxy) is 3. The highest BCUT2D eigenvalue weighted by molar-refractivity contribution is 7.89. The lowest BCUT2D eigenvalue weighted by atomic mass is 10.3. The molecule has 0 saturated carbocycles. The van der Waals surface area contributed by atoms with E-state index in [-0.39, 0.29) is 23.8 Å². The molecule has 0 spiro atoms. The summed E-state index contributed by atoms with van der Waals surface area (Å²) in [7, 11) is -2.28. The van der Waals surface area contributed by atoms with Crippen molar-refractivity contribution in [2.24, 2.45) is 0 Å². The molecule has 6 nitrogen and oxygen atoms in total. The number of benzene rings is 2. The van der Waals surface area contributed by atoms with Gasteiger partial charge < -0.3 is 14.2 Å². The fourth-order valence-electron chi connectivity index (χ4n) is 2.45. The third-order valence-corrected chi connectivity index (χ3v) is 5.78. The van der Waals surface area contributed by atoms with Gasteiger partial charge in [-0.3, -0.25) is 0 Å². The molecule has 0 saturated heterocycles. The fraction of sp³-hybridized carbons (Fsp3) is 0.333. The SMILES string of the molecule is CN(CCOc1ccccc1F)S(=O)(=O)c1ccc2c(c1)OCCCO2. The van der Waals surface area contributed by atoms with Crippen molar-refractivity contribution in [3.05, 3.63) is 48.3 Å². The van der Waals surface area contributed by atoms with Gasteiger partial charge in [0.2, 0.25) is 10.0 Å². The van der Waals surface area contributed by atoms with E-state index in [0.29, 0.717) is 24.7 Å². The first-order valence-corrected chi connectivity index (χ1v) is 9.66. The highest BCUT2D eigenvalue weighted by atomic mass is 32.2. The summed E-state index contributed by atoms with van der Waals surface area (Å²) < 4.78 is 56.5. The summed E-state index contributed by atoms with van der Waals surface area (Å²) in [5, 5.41) is 0. The van der Waals surface area contributed by atoms with E-state index >= 15 is 0 Å². The second-order valence-electron chi connectivity index (χ2n) is 5.76. The van der Waals surface area contributed by atoms with Crippen LogP contribution in [-0.4, -0.2) is 46.1 Å². The van der Waals surface area contributed by atoms with Gasteiger partial charge in [0.1, 0.15) is 6.61 Å². The van der Waals surface area contributed by atoms with Crippen molar-refractivity contribution in [1.82, 2.24) is 4.31 Å². The standard InChI is InChI=1S/C18H20FNO5S/c1-20(9-12-25-16-6-3-2-5-15(16)19)26(21,22)14-7-8-17-18(13-14)24-11-4-10-23-17/h2-3,5-8,13H,4,9-12H2,1H3. The summed E-state index contributed by atoms with van der Waals surface area (Å²) >= 11 is 0. The van der Waals surface area contributed by atoms with Gasteiger partial charge in [-0.2, -0.15) is 4.31 Å². The molecule has 1 heterocycles. The Kier molecular flexibility index (Phi) is 5.63. The van der Waals surface area contributed by atoms with E-state index in [4.69, 9.17) is 14.2 Å². The van der Waals surface area contributed by atoms with E-state index < -0.39 is 15.8 Å². The van der Waals surface area contributed by atoms with Gasteiger partial charge in [0.15, 0.2) is 23.1 Å². The van der Waals surface area contributed by atoms with Crippen LogP contribution in [0, 0.1) is 5.82 Å². The highest BCUT2D eigenvalue weighted by Crippen LogP contribution is 2.32. The molecular formula is C18H20FNO5S. The molecule has 3 rings (SSSR count). The van der Waals surface area contributed by atoms with E-state index in [1.54, 1.807) is 18.2 Å². The molecule has 1 aliphatic heterocycles. The van der Waals surface area contributed by atoms with E-state index in [1.165, 1.54) is 31.3 Å². The Balaban J connectivity index is 1.67. The monoisotopic (exact) mass is 381 g/mol. The Bertz CT molecular complexity index is 872. The molecule has 0 aliphatic carbocycles. The third-order valence-electron chi connectivity index (χ3n) is 3.93. The lowest BCUT2D eigenvalue weighted by molar-refractivity contribution is 0.275. The number of hydrogen-bond acceptors (Lipinski definition) is 5. The minimum absolute atomic E-state index is 0.0290. The number of halogens is 1. The van der Waals surface area contributed by atoms with E-state index in [2.05, 4.69) is 0 Å². The first-order valence-electron chi connectivity index (χ1n) is 8.22.